The summed E-state index contributed by atoms with van der Waals surface area (Å²) in [6, 6.07) is 0. The van der Waals surface area contributed by atoms with Crippen LogP contribution in [0.2, 0.25) is 0 Å². The second kappa shape index (κ2) is 12.5. The highest BCUT2D eigenvalue weighted by Crippen LogP contribution is 2.36. The van der Waals surface area contributed by atoms with Crippen molar-refractivity contribution in [2.75, 3.05) is 6.61 Å². The van der Waals surface area contributed by atoms with Crippen LogP contribution in [0, 0.1) is 17.8 Å². The Kier molecular flexibility index (Phi) is 10.4. The van der Waals surface area contributed by atoms with E-state index in [4.69, 9.17) is 23.7 Å². The molecule has 0 aromatic rings. The first kappa shape index (κ1) is 26.6. The molecule has 7 atom stereocenters. The van der Waals surface area contributed by atoms with Crippen LogP contribution in [0.5, 0.6) is 0 Å². The predicted molar refractivity (Wildman–Crippen MR) is 116 cm³/mol. The molecule has 0 radical (unpaired) electrons. The Morgan fingerprint density at radius 2 is 1.62 bits per heavy atom. The van der Waals surface area contributed by atoms with Crippen LogP contribution in [0.1, 0.15) is 80.1 Å². The zero-order valence-corrected chi connectivity index (χ0v) is 20.3. The Morgan fingerprint density at radius 3 is 2.16 bits per heavy atom. The van der Waals surface area contributed by atoms with Crippen molar-refractivity contribution in [3.63, 3.8) is 0 Å². The zero-order valence-electron chi connectivity index (χ0n) is 20.3. The highest BCUT2D eigenvalue weighted by molar-refractivity contribution is 5.67. The Balaban J connectivity index is 2.04. The van der Waals surface area contributed by atoms with E-state index >= 15 is 0 Å². The average molecular weight is 457 g/mol. The molecular weight excluding hydrogens is 416 g/mol. The van der Waals surface area contributed by atoms with E-state index in [-0.39, 0.29) is 31.0 Å². The molecular formula is C24H40O8. The molecule has 0 aromatic heterocycles. The zero-order chi connectivity index (χ0) is 23.8. The number of carbonyl (C=O) groups excluding carboxylic acids is 3. The minimum absolute atomic E-state index is 0.0234. The Bertz CT molecular complexity index is 631. The first-order valence-corrected chi connectivity index (χ1v) is 11.9. The third-order valence-electron chi connectivity index (χ3n) is 6.61. The van der Waals surface area contributed by atoms with Crippen molar-refractivity contribution < 1.29 is 38.1 Å². The van der Waals surface area contributed by atoms with Crippen molar-refractivity contribution in [2.24, 2.45) is 17.8 Å². The van der Waals surface area contributed by atoms with E-state index < -0.39 is 36.5 Å². The van der Waals surface area contributed by atoms with Gasteiger partial charge in [-0.3, -0.25) is 14.4 Å². The van der Waals surface area contributed by atoms with Crippen LogP contribution in [0.15, 0.2) is 0 Å². The van der Waals surface area contributed by atoms with E-state index in [1.807, 2.05) is 6.92 Å². The summed E-state index contributed by atoms with van der Waals surface area (Å²) >= 11 is 0. The summed E-state index contributed by atoms with van der Waals surface area (Å²) in [6.45, 7) is 10.4. The topological polar surface area (TPSA) is 97.4 Å². The fourth-order valence-corrected chi connectivity index (χ4v) is 4.49. The van der Waals surface area contributed by atoms with E-state index in [1.165, 1.54) is 40.0 Å². The molecule has 184 valence electrons. The van der Waals surface area contributed by atoms with E-state index in [0.717, 1.165) is 18.8 Å². The maximum absolute atomic E-state index is 11.6. The lowest BCUT2D eigenvalue weighted by molar-refractivity contribution is -0.272. The van der Waals surface area contributed by atoms with Crippen LogP contribution in [0.25, 0.3) is 0 Å². The lowest BCUT2D eigenvalue weighted by atomic mass is 9.74. The lowest BCUT2D eigenvalue weighted by Gasteiger charge is -2.41. The summed E-state index contributed by atoms with van der Waals surface area (Å²) in [7, 11) is 0. The van der Waals surface area contributed by atoms with E-state index in [1.54, 1.807) is 6.92 Å². The molecule has 1 saturated heterocycles. The molecule has 0 spiro atoms. The van der Waals surface area contributed by atoms with E-state index in [9.17, 15) is 14.4 Å². The molecule has 0 aromatic carbocycles. The number of rotatable bonds is 11. The second-order valence-corrected chi connectivity index (χ2v) is 9.43. The number of carbonyl (C=O) groups is 3. The Labute approximate surface area is 191 Å². The highest BCUT2D eigenvalue weighted by atomic mass is 16.7. The minimum Gasteiger partial charge on any atom is -0.465 e. The summed E-state index contributed by atoms with van der Waals surface area (Å²) < 4.78 is 28.4. The summed E-state index contributed by atoms with van der Waals surface area (Å²) in [6.07, 6.45) is 3.36. The second-order valence-electron chi connectivity index (χ2n) is 9.43. The monoisotopic (exact) mass is 456 g/mol. The standard InChI is InChI=1S/C24H40O8/c1-14(20-8-7-9-20)10-11-21(15(2)13-28-17(4)25)32-23-12-22(30-18(5)26)24(16(3)29-23)31-19(6)27/h14-16,20-24H,7-13H2,1-6H3/t14?,15-,16-,21+,22-,23?,24-/m1/s1. The Morgan fingerprint density at radius 1 is 0.969 bits per heavy atom. The molecule has 1 aliphatic heterocycles. The SMILES string of the molecule is CC(=O)OC[C@@H](C)[C@H](CCC(C)C1CCC1)OC1C[C@@H](OC(C)=O)[C@H](OC(C)=O)[C@@H](C)O1. The van der Waals surface area contributed by atoms with Crippen LogP contribution in [0.3, 0.4) is 0 Å². The molecule has 0 bridgehead atoms. The number of hydrogen-bond donors (Lipinski definition) is 0. The molecule has 8 nitrogen and oxygen atoms in total. The van der Waals surface area contributed by atoms with Crippen LogP contribution in [-0.4, -0.2) is 55.2 Å². The van der Waals surface area contributed by atoms with Gasteiger partial charge in [-0.2, -0.15) is 0 Å². The van der Waals surface area contributed by atoms with Gasteiger partial charge in [0, 0.05) is 33.1 Å². The fraction of sp³-hybridized carbons (Fsp3) is 0.875. The molecule has 1 heterocycles. The molecule has 2 rings (SSSR count). The van der Waals surface area contributed by atoms with Crippen LogP contribution in [0.4, 0.5) is 0 Å². The van der Waals surface area contributed by atoms with Gasteiger partial charge in [-0.05, 0) is 31.6 Å². The largest absolute Gasteiger partial charge is 0.465 e. The van der Waals surface area contributed by atoms with Crippen LogP contribution >= 0.6 is 0 Å². The van der Waals surface area contributed by atoms with Crippen molar-refractivity contribution >= 4 is 17.9 Å². The van der Waals surface area contributed by atoms with Gasteiger partial charge in [0.25, 0.3) is 0 Å². The molecule has 32 heavy (non-hydrogen) atoms. The number of ether oxygens (including phenoxy) is 5. The number of esters is 3. The normalized spacial score (nSPS) is 28.7. The van der Waals surface area contributed by atoms with Gasteiger partial charge in [-0.15, -0.1) is 0 Å². The van der Waals surface area contributed by atoms with E-state index in [0.29, 0.717) is 5.92 Å². The predicted octanol–water partition coefficient (Wildman–Crippen LogP) is 3.79. The van der Waals surface area contributed by atoms with Gasteiger partial charge in [0.2, 0.25) is 0 Å². The van der Waals surface area contributed by atoms with Crippen molar-refractivity contribution in [1.82, 2.24) is 0 Å². The third-order valence-corrected chi connectivity index (χ3v) is 6.61. The Hall–Kier alpha value is -1.67. The summed E-state index contributed by atoms with van der Waals surface area (Å²) in [5.74, 6) is 0.145. The van der Waals surface area contributed by atoms with E-state index in [2.05, 4.69) is 6.92 Å². The van der Waals surface area contributed by atoms with Crippen LogP contribution in [-0.2, 0) is 38.1 Å². The summed E-state index contributed by atoms with van der Waals surface area (Å²) in [4.78, 5) is 34.4. The average Bonchev–Trinajstić information content (AvgIpc) is 2.63. The molecule has 2 unspecified atom stereocenters. The molecule has 8 heteroatoms. The van der Waals surface area contributed by atoms with Gasteiger partial charge in [-0.1, -0.05) is 33.1 Å². The molecule has 1 aliphatic carbocycles. The molecule has 0 amide bonds. The molecule has 2 fully saturated rings. The van der Waals surface area contributed by atoms with Crippen molar-refractivity contribution in [3.05, 3.63) is 0 Å². The van der Waals surface area contributed by atoms with Gasteiger partial charge >= 0.3 is 17.9 Å². The smallest absolute Gasteiger partial charge is 0.303 e. The van der Waals surface area contributed by atoms with Gasteiger partial charge in [-0.25, -0.2) is 0 Å². The van der Waals surface area contributed by atoms with Gasteiger partial charge < -0.3 is 23.7 Å². The first-order chi connectivity index (χ1) is 15.1. The summed E-state index contributed by atoms with van der Waals surface area (Å²) in [5.41, 5.74) is 0. The fourth-order valence-electron chi connectivity index (χ4n) is 4.49. The molecule has 2 aliphatic rings. The lowest BCUT2D eigenvalue weighted by Crippen LogP contribution is -2.52. The maximum Gasteiger partial charge on any atom is 0.303 e. The quantitative estimate of drug-likeness (QED) is 0.342. The first-order valence-electron chi connectivity index (χ1n) is 11.9. The van der Waals surface area contributed by atoms with Gasteiger partial charge in [0.1, 0.15) is 6.10 Å². The van der Waals surface area contributed by atoms with Crippen molar-refractivity contribution in [2.45, 2.75) is 111 Å². The number of hydrogen-bond acceptors (Lipinski definition) is 8. The minimum atomic E-state index is -0.688. The maximum atomic E-state index is 11.6. The highest BCUT2D eigenvalue weighted by Gasteiger charge is 2.42. The van der Waals surface area contributed by atoms with Crippen LogP contribution < -0.4 is 0 Å². The van der Waals surface area contributed by atoms with Gasteiger partial charge in [0.05, 0.1) is 18.8 Å². The van der Waals surface area contributed by atoms with Crippen molar-refractivity contribution in [1.29, 1.82) is 0 Å². The molecule has 0 N–H and O–H groups in total. The summed E-state index contributed by atoms with van der Waals surface area (Å²) in [5, 5.41) is 0. The molecule has 1 saturated carbocycles. The third kappa shape index (κ3) is 8.35. The van der Waals surface area contributed by atoms with Gasteiger partial charge in [0.15, 0.2) is 12.4 Å². The van der Waals surface area contributed by atoms with Crippen molar-refractivity contribution in [3.8, 4) is 0 Å².